The van der Waals surface area contributed by atoms with Crippen LogP contribution in [0.4, 0.5) is 0 Å². The van der Waals surface area contributed by atoms with Crippen molar-refractivity contribution in [2.45, 2.75) is 0 Å². The Balaban J connectivity index is 2.18. The molecule has 1 saturated carbocycles. The number of nitrogens with two attached hydrogens (primary N) is 2. The third-order valence-corrected chi connectivity index (χ3v) is 5.76. The van der Waals surface area contributed by atoms with E-state index in [1.165, 1.54) is 12.2 Å². The second-order valence-corrected chi connectivity index (χ2v) is 7.37. The van der Waals surface area contributed by atoms with Gasteiger partial charge in [0.25, 0.3) is 0 Å². The molecule has 6 atom stereocenters. The van der Waals surface area contributed by atoms with Crippen LogP contribution in [-0.4, -0.2) is 83.3 Å². The largest absolute Gasteiger partial charge is 0.481 e. The molecule has 0 aromatic rings. The van der Waals surface area contributed by atoms with Crippen LogP contribution in [0.5, 0.6) is 0 Å². The zero-order chi connectivity index (χ0) is 21.7. The third kappa shape index (κ3) is 4.74. The lowest BCUT2D eigenvalue weighted by molar-refractivity contribution is -0.173. The molecule has 11 heteroatoms. The molecule has 8 N–H and O–H groups in total. The lowest BCUT2D eigenvalue weighted by Crippen LogP contribution is -2.59. The summed E-state index contributed by atoms with van der Waals surface area (Å²) in [5, 5.41) is 31.4. The van der Waals surface area contributed by atoms with Gasteiger partial charge in [0.15, 0.2) is 0 Å². The summed E-state index contributed by atoms with van der Waals surface area (Å²) in [6.07, 6.45) is 2.90. The first-order chi connectivity index (χ1) is 13.7. The number of carboxylic acids is 3. The zero-order valence-corrected chi connectivity index (χ0v) is 15.9. The molecule has 0 heterocycles. The fourth-order valence-electron chi connectivity index (χ4n) is 4.59. The summed E-state index contributed by atoms with van der Waals surface area (Å²) in [7, 11) is 0. The van der Waals surface area contributed by atoms with Gasteiger partial charge in [0.2, 0.25) is 5.91 Å². The van der Waals surface area contributed by atoms with Gasteiger partial charge >= 0.3 is 17.9 Å². The number of carbonyl (C=O) groups excluding carboxylic acids is 1. The number of hydrogen-bond acceptors (Lipinski definition) is 7. The Bertz CT molecular complexity index is 677. The summed E-state index contributed by atoms with van der Waals surface area (Å²) in [5.41, 5.74) is 11.1. The van der Waals surface area contributed by atoms with Crippen LogP contribution in [0.3, 0.4) is 0 Å². The molecule has 1 fully saturated rings. The van der Waals surface area contributed by atoms with E-state index in [9.17, 15) is 34.5 Å². The fraction of sp³-hybridized carbons (Fsp3) is 0.667. The smallest absolute Gasteiger partial charge is 0.308 e. The Labute approximate surface area is 167 Å². The summed E-state index contributed by atoms with van der Waals surface area (Å²) >= 11 is 0. The molecule has 2 bridgehead atoms. The van der Waals surface area contributed by atoms with Crippen molar-refractivity contribution in [2.75, 3.05) is 39.3 Å². The van der Waals surface area contributed by atoms with Gasteiger partial charge in [0.05, 0.1) is 23.7 Å². The van der Waals surface area contributed by atoms with Gasteiger partial charge in [-0.1, -0.05) is 12.2 Å². The third-order valence-electron chi connectivity index (χ3n) is 5.76. The summed E-state index contributed by atoms with van der Waals surface area (Å²) in [5.74, 6) is -11.9. The molecule has 0 aliphatic heterocycles. The van der Waals surface area contributed by atoms with Crippen molar-refractivity contribution in [1.29, 1.82) is 0 Å². The van der Waals surface area contributed by atoms with Gasteiger partial charge in [-0.15, -0.1) is 0 Å². The van der Waals surface area contributed by atoms with Crippen LogP contribution in [-0.2, 0) is 19.2 Å². The zero-order valence-electron chi connectivity index (χ0n) is 15.9. The molecule has 0 aromatic heterocycles. The van der Waals surface area contributed by atoms with Crippen LogP contribution >= 0.6 is 0 Å². The summed E-state index contributed by atoms with van der Waals surface area (Å²) in [4.78, 5) is 50.0. The van der Waals surface area contributed by atoms with E-state index >= 15 is 0 Å². The lowest BCUT2D eigenvalue weighted by atomic mass is 9.53. The highest BCUT2D eigenvalue weighted by molar-refractivity contribution is 5.90. The van der Waals surface area contributed by atoms with Gasteiger partial charge in [0, 0.05) is 51.1 Å². The van der Waals surface area contributed by atoms with E-state index < -0.39 is 59.3 Å². The maximum absolute atomic E-state index is 12.8. The number of carboxylic acid groups (broad SMARTS) is 3. The molecule has 0 spiro atoms. The summed E-state index contributed by atoms with van der Waals surface area (Å²) in [6.45, 7) is 2.68. The minimum atomic E-state index is -1.39. The molecule has 162 valence electrons. The Hall–Kier alpha value is -2.50. The molecule has 0 radical (unpaired) electrons. The van der Waals surface area contributed by atoms with Crippen LogP contribution in [0.25, 0.3) is 0 Å². The van der Waals surface area contributed by atoms with Crippen LogP contribution in [0.15, 0.2) is 12.2 Å². The van der Waals surface area contributed by atoms with E-state index in [-0.39, 0.29) is 6.54 Å². The van der Waals surface area contributed by atoms with E-state index in [0.29, 0.717) is 32.7 Å². The van der Waals surface area contributed by atoms with E-state index in [4.69, 9.17) is 11.5 Å². The molecular formula is C18H28N4O7. The number of amides is 1. The van der Waals surface area contributed by atoms with Gasteiger partial charge in [-0.2, -0.15) is 0 Å². The molecular weight excluding hydrogens is 384 g/mol. The summed E-state index contributed by atoms with van der Waals surface area (Å²) in [6, 6.07) is 0. The molecule has 3 rings (SSSR count). The number of hydrogen-bond donors (Lipinski definition) is 6. The van der Waals surface area contributed by atoms with E-state index in [1.807, 2.05) is 4.90 Å². The molecule has 11 nitrogen and oxygen atoms in total. The van der Waals surface area contributed by atoms with Gasteiger partial charge in [-0.25, -0.2) is 0 Å². The van der Waals surface area contributed by atoms with Crippen molar-refractivity contribution >= 4 is 23.8 Å². The maximum atomic E-state index is 12.8. The van der Waals surface area contributed by atoms with Gasteiger partial charge in [-0.05, 0) is 0 Å². The minimum absolute atomic E-state index is 0.211. The van der Waals surface area contributed by atoms with E-state index in [1.54, 1.807) is 0 Å². The van der Waals surface area contributed by atoms with E-state index in [2.05, 4.69) is 5.32 Å². The van der Waals surface area contributed by atoms with Crippen molar-refractivity contribution in [3.8, 4) is 0 Å². The molecule has 6 unspecified atom stereocenters. The Morgan fingerprint density at radius 3 is 1.59 bits per heavy atom. The number of rotatable bonds is 11. The number of aliphatic carboxylic acids is 3. The molecule has 29 heavy (non-hydrogen) atoms. The predicted octanol–water partition coefficient (Wildman–Crippen LogP) is -2.14. The molecule has 3 aliphatic rings. The van der Waals surface area contributed by atoms with Crippen LogP contribution in [0.2, 0.25) is 0 Å². The average Bonchev–Trinajstić information content (AvgIpc) is 2.66. The Kier molecular flexibility index (Phi) is 7.71. The topological polar surface area (TPSA) is 196 Å². The highest BCUT2D eigenvalue weighted by atomic mass is 16.4. The second kappa shape index (κ2) is 9.81. The number of fused-ring (bicyclic) bond motifs is 2. The Morgan fingerprint density at radius 1 is 0.759 bits per heavy atom. The minimum Gasteiger partial charge on any atom is -0.481 e. The van der Waals surface area contributed by atoms with Crippen molar-refractivity contribution < 1.29 is 34.5 Å². The van der Waals surface area contributed by atoms with Crippen LogP contribution in [0, 0.1) is 35.5 Å². The van der Waals surface area contributed by atoms with Gasteiger partial charge in [0.1, 0.15) is 0 Å². The highest BCUT2D eigenvalue weighted by Gasteiger charge is 2.60. The normalized spacial score (nSPS) is 30.3. The first-order valence-corrected chi connectivity index (χ1v) is 9.51. The van der Waals surface area contributed by atoms with Crippen molar-refractivity contribution in [3.05, 3.63) is 12.2 Å². The second-order valence-electron chi connectivity index (χ2n) is 7.37. The SMILES string of the molecule is NCCN(CCN)CCNC(=O)C1C2C=CC(C(C(=O)O)C2C(=O)O)C1C(=O)O. The van der Waals surface area contributed by atoms with Crippen LogP contribution in [0.1, 0.15) is 0 Å². The quantitative estimate of drug-likeness (QED) is 0.204. The predicted molar refractivity (Wildman–Crippen MR) is 101 cm³/mol. The van der Waals surface area contributed by atoms with Crippen molar-refractivity contribution in [2.24, 2.45) is 47.0 Å². The number of nitrogens with one attached hydrogen (secondary N) is 1. The van der Waals surface area contributed by atoms with Crippen molar-refractivity contribution in [3.63, 3.8) is 0 Å². The number of allylic oxidation sites excluding steroid dienone is 2. The first kappa shape index (κ1) is 22.8. The van der Waals surface area contributed by atoms with Crippen molar-refractivity contribution in [1.82, 2.24) is 10.2 Å². The van der Waals surface area contributed by atoms with E-state index in [0.717, 1.165) is 0 Å². The summed E-state index contributed by atoms with van der Waals surface area (Å²) < 4.78 is 0. The standard InChI is InChI=1S/C18H28N4O7/c19-3-6-22(7-4-20)8-5-21-15(23)11-9-1-2-10(12(11)16(24)25)14(18(28)29)13(9)17(26)27/h1-2,9-14H,3-8,19-20H2,(H,21,23)(H,24,25)(H,26,27)(H,28,29). The highest BCUT2D eigenvalue weighted by Crippen LogP contribution is 2.51. The molecule has 0 aromatic carbocycles. The number of nitrogens with zero attached hydrogens (tertiary/aromatic N) is 1. The monoisotopic (exact) mass is 412 g/mol. The fourth-order valence-corrected chi connectivity index (χ4v) is 4.59. The maximum Gasteiger partial charge on any atom is 0.308 e. The lowest BCUT2D eigenvalue weighted by Gasteiger charge is -2.48. The average molecular weight is 412 g/mol. The van der Waals surface area contributed by atoms with Crippen LogP contribution < -0.4 is 16.8 Å². The Morgan fingerprint density at radius 2 is 1.17 bits per heavy atom. The van der Waals surface area contributed by atoms with Gasteiger partial charge in [-0.3, -0.25) is 24.1 Å². The van der Waals surface area contributed by atoms with Gasteiger partial charge < -0.3 is 32.1 Å². The number of carbonyl (C=O) groups is 4. The first-order valence-electron chi connectivity index (χ1n) is 9.51. The molecule has 1 amide bonds. The molecule has 3 aliphatic carbocycles. The molecule has 0 saturated heterocycles.